The molecule has 5 heteroatoms. The Labute approximate surface area is 52.6 Å². The van der Waals surface area contributed by atoms with Crippen LogP contribution in [0.2, 0.25) is 0 Å². The Bertz CT molecular complexity index is 15.5. The number of halogens is 3. The molecule has 0 aliphatic heterocycles. The molecule has 1 nitrogen and oxygen atoms in total. The lowest BCUT2D eigenvalue weighted by atomic mass is 10.7. The van der Waals surface area contributed by atoms with Crippen LogP contribution in [-0.2, 0) is 0 Å². The van der Waals surface area contributed by atoms with E-state index in [0.717, 1.165) is 0 Å². The second kappa shape index (κ2) is 9.31. The van der Waals surface area contributed by atoms with Crippen molar-refractivity contribution in [3.8, 4) is 0 Å². The highest BCUT2D eigenvalue weighted by Gasteiger charge is 1.91. The van der Waals surface area contributed by atoms with Crippen LogP contribution >= 0.6 is 34.4 Å². The molecule has 0 atom stereocenters. The van der Waals surface area contributed by atoms with Gasteiger partial charge in [-0.2, -0.15) is 34.4 Å². The third-order valence-electron chi connectivity index (χ3n) is 0. The van der Waals surface area contributed by atoms with Crippen molar-refractivity contribution in [1.29, 1.82) is 0 Å². The monoisotopic (exact) mass is 147 g/mol. The third-order valence-corrected chi connectivity index (χ3v) is 0. The SMILES string of the molecule is CN.ClB(Cl)Cl. The molecule has 0 aromatic rings. The molecule has 0 bridgehead atoms. The summed E-state index contributed by atoms with van der Waals surface area (Å²) in [6, 6.07) is 0. The molecule has 0 rings (SSSR count). The highest BCUT2D eigenvalue weighted by molar-refractivity contribution is 7.54. The maximum absolute atomic E-state index is 4.81. The lowest BCUT2D eigenvalue weighted by Gasteiger charge is -1.61. The second-order valence-corrected chi connectivity index (χ2v) is 2.23. The van der Waals surface area contributed by atoms with Crippen LogP contribution in [0.15, 0.2) is 0 Å². The molecule has 0 fully saturated rings. The van der Waals surface area contributed by atoms with Gasteiger partial charge in [0.25, 0.3) is 0 Å². The third kappa shape index (κ3) is 92.7. The van der Waals surface area contributed by atoms with Gasteiger partial charge in [-0.3, -0.25) is 0 Å². The minimum absolute atomic E-state index is 0.750. The van der Waals surface area contributed by atoms with Gasteiger partial charge in [-0.1, -0.05) is 0 Å². The van der Waals surface area contributed by atoms with E-state index in [2.05, 4.69) is 5.73 Å². The minimum Gasteiger partial charge on any atom is -0.333 e. The fourth-order valence-electron chi connectivity index (χ4n) is 0. The fraction of sp³-hybridized carbons (Fsp3) is 1.00. The molecule has 38 valence electrons. The van der Waals surface area contributed by atoms with Gasteiger partial charge in [0, 0.05) is 0 Å². The summed E-state index contributed by atoms with van der Waals surface area (Å²) in [7, 11) is 1.50. The van der Waals surface area contributed by atoms with E-state index in [1.807, 2.05) is 0 Å². The molecule has 0 aliphatic rings. The molecule has 0 radical (unpaired) electrons. The molecule has 0 unspecified atom stereocenters. The van der Waals surface area contributed by atoms with Crippen molar-refractivity contribution >= 4 is 39.3 Å². The maximum Gasteiger partial charge on any atom is 0.450 e. The van der Waals surface area contributed by atoms with Crippen molar-refractivity contribution in [2.75, 3.05) is 7.05 Å². The van der Waals surface area contributed by atoms with E-state index in [9.17, 15) is 0 Å². The summed E-state index contributed by atoms with van der Waals surface area (Å²) in [6.45, 7) is 0. The first-order valence-corrected chi connectivity index (χ1v) is 2.54. The van der Waals surface area contributed by atoms with E-state index in [1.165, 1.54) is 7.05 Å². The number of rotatable bonds is 0. The standard InChI is InChI=1S/CH5N.BCl3/c1-2;2-1(3)4/h2H2,1H3;. The molecule has 2 N–H and O–H groups in total. The first-order chi connectivity index (χ1) is 2.73. The molecule has 0 aromatic carbocycles. The average molecular weight is 148 g/mol. The Hall–Kier alpha value is 0.895. The predicted molar refractivity (Wildman–Crippen MR) is 33.4 cm³/mol. The van der Waals surface area contributed by atoms with Crippen LogP contribution in [0, 0.1) is 0 Å². The number of nitrogens with two attached hydrogens (primary N) is 1. The summed E-state index contributed by atoms with van der Waals surface area (Å²) < 4.78 is 0. The zero-order valence-electron chi connectivity index (χ0n) is 3.29. The van der Waals surface area contributed by atoms with E-state index in [1.54, 1.807) is 0 Å². The summed E-state index contributed by atoms with van der Waals surface area (Å²) in [5.74, 6) is 0. The smallest absolute Gasteiger partial charge is 0.333 e. The van der Waals surface area contributed by atoms with Gasteiger partial charge in [0.1, 0.15) is 0 Å². The number of hydrogen-bond acceptors (Lipinski definition) is 1. The summed E-state index contributed by atoms with van der Waals surface area (Å²) in [6.07, 6.45) is 0. The minimum atomic E-state index is -0.750. The normalized spacial score (nSPS) is 5.50. The van der Waals surface area contributed by atoms with E-state index in [0.29, 0.717) is 0 Å². The van der Waals surface area contributed by atoms with Crippen molar-refractivity contribution in [3.05, 3.63) is 0 Å². The summed E-state index contributed by atoms with van der Waals surface area (Å²) in [4.78, 5) is -0.750. The van der Waals surface area contributed by atoms with Gasteiger partial charge >= 0.3 is 4.96 Å². The fourth-order valence-corrected chi connectivity index (χ4v) is 0. The Kier molecular flexibility index (Phi) is 15.5. The Morgan fingerprint density at radius 1 is 1.17 bits per heavy atom. The second-order valence-electron chi connectivity index (χ2n) is 0.247. The van der Waals surface area contributed by atoms with Crippen molar-refractivity contribution in [2.45, 2.75) is 0 Å². The quantitative estimate of drug-likeness (QED) is 0.514. The molecule has 0 amide bonds. The highest BCUT2D eigenvalue weighted by atomic mass is 35.6. The Balaban J connectivity index is 0. The van der Waals surface area contributed by atoms with Crippen LogP contribution in [-0.4, -0.2) is 12.0 Å². The van der Waals surface area contributed by atoms with Crippen LogP contribution in [0.4, 0.5) is 0 Å². The molecule has 0 aromatic heterocycles. The van der Waals surface area contributed by atoms with Crippen LogP contribution in [0.25, 0.3) is 0 Å². The zero-order valence-corrected chi connectivity index (χ0v) is 5.56. The topological polar surface area (TPSA) is 26.0 Å². The van der Waals surface area contributed by atoms with Crippen molar-refractivity contribution < 1.29 is 0 Å². The number of hydrogen-bond donors (Lipinski definition) is 1. The van der Waals surface area contributed by atoms with E-state index < -0.39 is 4.96 Å². The summed E-state index contributed by atoms with van der Waals surface area (Å²) >= 11 is 14.4. The lowest BCUT2D eigenvalue weighted by Crippen LogP contribution is -1.69. The largest absolute Gasteiger partial charge is 0.450 e. The van der Waals surface area contributed by atoms with Crippen molar-refractivity contribution in [3.63, 3.8) is 0 Å². The van der Waals surface area contributed by atoms with Crippen molar-refractivity contribution in [2.24, 2.45) is 5.73 Å². The molecule has 0 saturated heterocycles. The van der Waals surface area contributed by atoms with E-state index >= 15 is 0 Å². The molecular weight excluding hydrogens is 143 g/mol. The molecule has 0 spiro atoms. The zero-order chi connectivity index (χ0) is 5.58. The molecule has 0 heterocycles. The van der Waals surface area contributed by atoms with Gasteiger partial charge < -0.3 is 5.73 Å². The maximum atomic E-state index is 4.81. The first kappa shape index (κ1) is 10.00. The molecule has 0 aliphatic carbocycles. The van der Waals surface area contributed by atoms with Crippen LogP contribution in [0.3, 0.4) is 0 Å². The molecular formula is CH5BCl3N. The van der Waals surface area contributed by atoms with E-state index in [-0.39, 0.29) is 0 Å². The lowest BCUT2D eigenvalue weighted by molar-refractivity contribution is 1.48. The molecule has 6 heavy (non-hydrogen) atoms. The van der Waals surface area contributed by atoms with Gasteiger partial charge in [-0.15, -0.1) is 0 Å². The van der Waals surface area contributed by atoms with Gasteiger partial charge in [-0.05, 0) is 7.05 Å². The van der Waals surface area contributed by atoms with Crippen LogP contribution in [0.5, 0.6) is 0 Å². The van der Waals surface area contributed by atoms with Gasteiger partial charge in [0.2, 0.25) is 0 Å². The highest BCUT2D eigenvalue weighted by Crippen LogP contribution is 1.97. The Morgan fingerprint density at radius 3 is 1.17 bits per heavy atom. The average Bonchev–Trinajstić information content (AvgIpc) is 1.41. The summed E-state index contributed by atoms with van der Waals surface area (Å²) in [5, 5.41) is 0. The Morgan fingerprint density at radius 2 is 1.17 bits per heavy atom. The van der Waals surface area contributed by atoms with Crippen molar-refractivity contribution in [1.82, 2.24) is 0 Å². The van der Waals surface area contributed by atoms with E-state index in [4.69, 9.17) is 34.4 Å². The van der Waals surface area contributed by atoms with Crippen LogP contribution in [0.1, 0.15) is 0 Å². The van der Waals surface area contributed by atoms with Crippen LogP contribution < -0.4 is 5.73 Å². The first-order valence-electron chi connectivity index (χ1n) is 1.23. The summed E-state index contributed by atoms with van der Waals surface area (Å²) in [5.41, 5.74) is 4.50. The van der Waals surface area contributed by atoms with Gasteiger partial charge in [-0.25, -0.2) is 0 Å². The predicted octanol–water partition coefficient (Wildman–Crippen LogP) is 1.26. The molecule has 0 saturated carbocycles. The van der Waals surface area contributed by atoms with Gasteiger partial charge in [0.15, 0.2) is 0 Å². The van der Waals surface area contributed by atoms with Gasteiger partial charge in [0.05, 0.1) is 0 Å².